The highest BCUT2D eigenvalue weighted by Gasteiger charge is 2.33. The zero-order chi connectivity index (χ0) is 14.0. The summed E-state index contributed by atoms with van der Waals surface area (Å²) in [6.45, 7) is 0.391. The monoisotopic (exact) mass is 325 g/mol. The van der Waals surface area contributed by atoms with Gasteiger partial charge in [-0.2, -0.15) is 4.31 Å². The lowest BCUT2D eigenvalue weighted by Crippen LogP contribution is -2.50. The zero-order valence-electron chi connectivity index (χ0n) is 9.92. The molecule has 1 fully saturated rings. The number of rotatable bonds is 3. The van der Waals surface area contributed by atoms with Crippen LogP contribution in [0.25, 0.3) is 0 Å². The predicted octanol–water partition coefficient (Wildman–Crippen LogP) is 1.38. The van der Waals surface area contributed by atoms with E-state index in [1.807, 2.05) is 0 Å². The smallest absolute Gasteiger partial charge is 0.243 e. The summed E-state index contributed by atoms with van der Waals surface area (Å²) in [4.78, 5) is 0.0576. The molecule has 1 aliphatic heterocycles. The molecule has 0 bridgehead atoms. The van der Waals surface area contributed by atoms with E-state index in [0.717, 1.165) is 0 Å². The van der Waals surface area contributed by atoms with E-state index < -0.39 is 16.1 Å². The third-order valence-electron chi connectivity index (χ3n) is 2.88. The summed E-state index contributed by atoms with van der Waals surface area (Å²) in [6, 6.07) is 3.56. The molecule has 0 aromatic heterocycles. The lowest BCUT2D eigenvalue weighted by Gasteiger charge is -2.33. The summed E-state index contributed by atoms with van der Waals surface area (Å²) in [6.07, 6.45) is 0. The molecule has 1 atom stereocenters. The number of ether oxygens (including phenoxy) is 1. The van der Waals surface area contributed by atoms with Crippen molar-refractivity contribution in [2.24, 2.45) is 0 Å². The molecule has 0 aliphatic carbocycles. The lowest BCUT2D eigenvalue weighted by molar-refractivity contribution is 0.0109. The molecule has 0 spiro atoms. The summed E-state index contributed by atoms with van der Waals surface area (Å²) in [5.41, 5.74) is 0. The van der Waals surface area contributed by atoms with Crippen molar-refractivity contribution in [2.45, 2.75) is 10.9 Å². The number of halogens is 2. The van der Waals surface area contributed by atoms with Crippen molar-refractivity contribution in [3.05, 3.63) is 28.2 Å². The van der Waals surface area contributed by atoms with E-state index in [1.54, 1.807) is 0 Å². The number of aliphatic hydroxyl groups is 1. The van der Waals surface area contributed by atoms with Crippen molar-refractivity contribution in [3.8, 4) is 0 Å². The van der Waals surface area contributed by atoms with Gasteiger partial charge in [-0.25, -0.2) is 8.42 Å². The van der Waals surface area contributed by atoms with Gasteiger partial charge in [0.15, 0.2) is 0 Å². The molecule has 106 valence electrons. The summed E-state index contributed by atoms with van der Waals surface area (Å²) in [7, 11) is -3.71. The third kappa shape index (κ3) is 3.04. The number of benzene rings is 1. The van der Waals surface area contributed by atoms with E-state index in [2.05, 4.69) is 0 Å². The van der Waals surface area contributed by atoms with Crippen LogP contribution in [-0.4, -0.2) is 50.2 Å². The molecule has 1 N–H and O–H groups in total. The summed E-state index contributed by atoms with van der Waals surface area (Å²) in [5, 5.41) is 9.71. The summed E-state index contributed by atoms with van der Waals surface area (Å²) < 4.78 is 31.4. The maximum absolute atomic E-state index is 12.5. The molecule has 1 saturated heterocycles. The van der Waals surface area contributed by atoms with Crippen LogP contribution in [0.4, 0.5) is 0 Å². The van der Waals surface area contributed by atoms with Crippen molar-refractivity contribution < 1.29 is 18.3 Å². The van der Waals surface area contributed by atoms with Gasteiger partial charge in [-0.1, -0.05) is 23.2 Å². The first-order valence-corrected chi connectivity index (χ1v) is 7.82. The quantitative estimate of drug-likeness (QED) is 0.911. The Morgan fingerprint density at radius 3 is 2.74 bits per heavy atom. The molecule has 1 aromatic rings. The molecular formula is C11H13Cl2NO4S. The topological polar surface area (TPSA) is 66.8 Å². The molecule has 8 heteroatoms. The summed E-state index contributed by atoms with van der Waals surface area (Å²) in [5.74, 6) is 0. The van der Waals surface area contributed by atoms with Crippen molar-refractivity contribution in [1.82, 2.24) is 4.31 Å². The van der Waals surface area contributed by atoms with E-state index in [4.69, 9.17) is 27.9 Å². The van der Waals surface area contributed by atoms with Gasteiger partial charge in [-0.3, -0.25) is 0 Å². The lowest BCUT2D eigenvalue weighted by atomic mass is 10.3. The maximum atomic E-state index is 12.5. The molecule has 1 unspecified atom stereocenters. The van der Waals surface area contributed by atoms with Gasteiger partial charge >= 0.3 is 0 Å². The van der Waals surface area contributed by atoms with Gasteiger partial charge in [0.1, 0.15) is 0 Å². The van der Waals surface area contributed by atoms with Crippen LogP contribution in [0, 0.1) is 0 Å². The normalized spacial score (nSPS) is 21.5. The van der Waals surface area contributed by atoms with Crippen LogP contribution in [0.15, 0.2) is 23.1 Å². The Morgan fingerprint density at radius 2 is 2.11 bits per heavy atom. The van der Waals surface area contributed by atoms with Crippen LogP contribution < -0.4 is 0 Å². The molecule has 0 saturated carbocycles. The Labute approximate surface area is 121 Å². The summed E-state index contributed by atoms with van der Waals surface area (Å²) >= 11 is 11.6. The number of hydrogen-bond acceptors (Lipinski definition) is 4. The molecule has 1 aromatic carbocycles. The van der Waals surface area contributed by atoms with E-state index >= 15 is 0 Å². The van der Waals surface area contributed by atoms with Crippen LogP contribution in [0.5, 0.6) is 0 Å². The fourth-order valence-corrected chi connectivity index (χ4v) is 3.85. The number of nitrogens with zero attached hydrogens (tertiary/aromatic N) is 1. The van der Waals surface area contributed by atoms with Crippen molar-refractivity contribution >= 4 is 33.2 Å². The molecule has 1 heterocycles. The molecule has 0 amide bonds. The number of morpholine rings is 1. The van der Waals surface area contributed by atoms with Crippen molar-refractivity contribution in [2.75, 3.05) is 26.4 Å². The highest BCUT2D eigenvalue weighted by molar-refractivity contribution is 7.89. The van der Waals surface area contributed by atoms with Crippen LogP contribution in [0.1, 0.15) is 0 Å². The number of sulfonamides is 1. The standard InChI is InChI=1S/C11H13Cl2NO4S/c12-10-2-1-9(5-11(10)13)19(16,17)14-3-4-18-7-8(14)6-15/h1-2,5,8,15H,3-4,6-7H2. The first kappa shape index (κ1) is 15.0. The first-order valence-electron chi connectivity index (χ1n) is 5.62. The Morgan fingerprint density at radius 1 is 1.37 bits per heavy atom. The number of hydrogen-bond donors (Lipinski definition) is 1. The van der Waals surface area contributed by atoms with E-state index in [9.17, 15) is 13.5 Å². The van der Waals surface area contributed by atoms with Gasteiger partial charge in [0.25, 0.3) is 0 Å². The zero-order valence-corrected chi connectivity index (χ0v) is 12.2. The van der Waals surface area contributed by atoms with E-state index in [0.29, 0.717) is 11.6 Å². The predicted molar refractivity (Wildman–Crippen MR) is 72.0 cm³/mol. The second-order valence-corrected chi connectivity index (χ2v) is 6.81. The fraction of sp³-hybridized carbons (Fsp3) is 0.455. The minimum absolute atomic E-state index is 0.0576. The average Bonchev–Trinajstić information content (AvgIpc) is 2.41. The average molecular weight is 326 g/mol. The Kier molecular flexibility index (Phi) is 4.70. The minimum Gasteiger partial charge on any atom is -0.395 e. The van der Waals surface area contributed by atoms with E-state index in [-0.39, 0.29) is 29.7 Å². The van der Waals surface area contributed by atoms with Crippen LogP contribution in [0.3, 0.4) is 0 Å². The Bertz CT molecular complexity index is 564. The molecule has 1 aliphatic rings. The first-order chi connectivity index (χ1) is 8.96. The van der Waals surface area contributed by atoms with Crippen LogP contribution in [0.2, 0.25) is 10.0 Å². The largest absolute Gasteiger partial charge is 0.395 e. The van der Waals surface area contributed by atoms with Gasteiger partial charge in [-0.05, 0) is 18.2 Å². The van der Waals surface area contributed by atoms with Gasteiger partial charge in [0.05, 0.1) is 40.8 Å². The Hall–Kier alpha value is -0.370. The molecular weight excluding hydrogens is 313 g/mol. The van der Waals surface area contributed by atoms with Gasteiger partial charge < -0.3 is 9.84 Å². The minimum atomic E-state index is -3.71. The number of aliphatic hydroxyl groups excluding tert-OH is 1. The third-order valence-corrected chi connectivity index (χ3v) is 5.57. The van der Waals surface area contributed by atoms with Crippen LogP contribution in [-0.2, 0) is 14.8 Å². The van der Waals surface area contributed by atoms with Gasteiger partial charge in [0, 0.05) is 6.54 Å². The second kappa shape index (κ2) is 5.95. The molecule has 19 heavy (non-hydrogen) atoms. The second-order valence-electron chi connectivity index (χ2n) is 4.10. The maximum Gasteiger partial charge on any atom is 0.243 e. The highest BCUT2D eigenvalue weighted by atomic mass is 35.5. The van der Waals surface area contributed by atoms with E-state index in [1.165, 1.54) is 22.5 Å². The van der Waals surface area contributed by atoms with Crippen molar-refractivity contribution in [1.29, 1.82) is 0 Å². The van der Waals surface area contributed by atoms with Gasteiger partial charge in [0.2, 0.25) is 10.0 Å². The van der Waals surface area contributed by atoms with Gasteiger partial charge in [-0.15, -0.1) is 0 Å². The highest BCUT2D eigenvalue weighted by Crippen LogP contribution is 2.27. The molecule has 2 rings (SSSR count). The molecule has 0 radical (unpaired) electrons. The van der Waals surface area contributed by atoms with Crippen molar-refractivity contribution in [3.63, 3.8) is 0 Å². The molecule has 5 nitrogen and oxygen atoms in total. The Balaban J connectivity index is 2.37. The fourth-order valence-electron chi connectivity index (χ4n) is 1.87. The SMILES string of the molecule is O=S(=O)(c1ccc(Cl)c(Cl)c1)N1CCOCC1CO. The van der Waals surface area contributed by atoms with Crippen LogP contribution >= 0.6 is 23.2 Å².